The molecule has 5 nitrogen and oxygen atoms in total. The Hall–Kier alpha value is -3.93. The molecule has 1 atom stereocenters. The number of carbonyl (C=O) groups is 2. The molecule has 3 aromatic carbocycles. The van der Waals surface area contributed by atoms with Gasteiger partial charge in [0.1, 0.15) is 11.6 Å². The van der Waals surface area contributed by atoms with E-state index in [-0.39, 0.29) is 16.9 Å². The molecule has 0 spiro atoms. The summed E-state index contributed by atoms with van der Waals surface area (Å²) >= 11 is 0. The van der Waals surface area contributed by atoms with Gasteiger partial charge >= 0.3 is 0 Å². The first kappa shape index (κ1) is 23.2. The Morgan fingerprint density at radius 2 is 1.62 bits per heavy atom. The molecule has 6 heteroatoms. The fourth-order valence-corrected chi connectivity index (χ4v) is 4.43. The smallest absolute Gasteiger partial charge is 0.300 e. The molecule has 1 unspecified atom stereocenters. The number of benzene rings is 3. The summed E-state index contributed by atoms with van der Waals surface area (Å²) in [7, 11) is 0. The van der Waals surface area contributed by atoms with Gasteiger partial charge in [0.25, 0.3) is 11.7 Å². The number of aliphatic hydroxyl groups is 1. The standard InChI is InChI=1S/C28H27FN2O3/c1-4-30(5-2)22-13-15-23(16-14-22)31-25(20-8-6-7-18(3)17-20)24(27(33)28(31)34)26(32)19-9-11-21(29)12-10-19/h6-17,25,32H,4-5H2,1-3H3/b26-24-. The number of anilines is 2. The van der Waals surface area contributed by atoms with Gasteiger partial charge in [-0.25, -0.2) is 4.39 Å². The van der Waals surface area contributed by atoms with Crippen LogP contribution in [-0.4, -0.2) is 29.9 Å². The fourth-order valence-electron chi connectivity index (χ4n) is 4.43. The van der Waals surface area contributed by atoms with Crippen molar-refractivity contribution < 1.29 is 19.1 Å². The molecule has 0 saturated carbocycles. The number of halogens is 1. The summed E-state index contributed by atoms with van der Waals surface area (Å²) in [4.78, 5) is 30.1. The number of carbonyl (C=O) groups excluding carboxylic acids is 2. The number of ketones is 1. The van der Waals surface area contributed by atoms with Gasteiger partial charge in [-0.15, -0.1) is 0 Å². The summed E-state index contributed by atoms with van der Waals surface area (Å²) in [6.45, 7) is 7.77. The minimum atomic E-state index is -0.816. The minimum Gasteiger partial charge on any atom is -0.507 e. The van der Waals surface area contributed by atoms with E-state index in [2.05, 4.69) is 18.7 Å². The van der Waals surface area contributed by atoms with Crippen molar-refractivity contribution in [3.63, 3.8) is 0 Å². The zero-order valence-electron chi connectivity index (χ0n) is 19.5. The van der Waals surface area contributed by atoms with Crippen LogP contribution in [0.1, 0.15) is 36.6 Å². The quantitative estimate of drug-likeness (QED) is 0.296. The molecule has 0 aromatic heterocycles. The number of hydrogen-bond acceptors (Lipinski definition) is 4. The average molecular weight is 459 g/mol. The molecule has 0 radical (unpaired) electrons. The molecule has 1 fully saturated rings. The van der Waals surface area contributed by atoms with Gasteiger partial charge in [0.2, 0.25) is 0 Å². The Bertz CT molecular complexity index is 1250. The van der Waals surface area contributed by atoms with Gasteiger partial charge in [-0.1, -0.05) is 29.8 Å². The van der Waals surface area contributed by atoms with E-state index in [1.165, 1.54) is 29.2 Å². The van der Waals surface area contributed by atoms with Gasteiger partial charge in [-0.2, -0.15) is 0 Å². The first-order chi connectivity index (χ1) is 16.3. The maximum atomic E-state index is 13.4. The topological polar surface area (TPSA) is 60.9 Å². The monoisotopic (exact) mass is 458 g/mol. The van der Waals surface area contributed by atoms with Gasteiger partial charge < -0.3 is 10.0 Å². The van der Waals surface area contributed by atoms with Crippen molar-refractivity contribution in [2.75, 3.05) is 22.9 Å². The van der Waals surface area contributed by atoms with Crippen LogP contribution in [0.25, 0.3) is 5.76 Å². The SMILES string of the molecule is CCN(CC)c1ccc(N2C(=O)C(=O)/C(=C(\O)c3ccc(F)cc3)C2c2cccc(C)c2)cc1. The predicted octanol–water partition coefficient (Wildman–Crippen LogP) is 5.61. The molecule has 1 saturated heterocycles. The molecule has 1 amide bonds. The summed E-state index contributed by atoms with van der Waals surface area (Å²) < 4.78 is 13.4. The second kappa shape index (κ2) is 9.51. The van der Waals surface area contributed by atoms with E-state index in [0.717, 1.165) is 24.3 Å². The van der Waals surface area contributed by atoms with E-state index in [0.29, 0.717) is 11.3 Å². The van der Waals surface area contributed by atoms with Crippen molar-refractivity contribution in [1.29, 1.82) is 0 Å². The Morgan fingerprint density at radius 1 is 0.971 bits per heavy atom. The zero-order chi connectivity index (χ0) is 24.4. The molecular weight excluding hydrogens is 431 g/mol. The van der Waals surface area contributed by atoms with Crippen LogP contribution in [0.3, 0.4) is 0 Å². The Labute approximate surface area is 198 Å². The van der Waals surface area contributed by atoms with E-state index in [9.17, 15) is 19.1 Å². The second-order valence-electron chi connectivity index (χ2n) is 8.28. The maximum Gasteiger partial charge on any atom is 0.300 e. The second-order valence-corrected chi connectivity index (χ2v) is 8.28. The molecule has 1 N–H and O–H groups in total. The molecule has 3 aromatic rings. The number of amides is 1. The van der Waals surface area contributed by atoms with E-state index in [4.69, 9.17) is 0 Å². The molecule has 4 rings (SSSR count). The zero-order valence-corrected chi connectivity index (χ0v) is 19.5. The van der Waals surface area contributed by atoms with Crippen LogP contribution < -0.4 is 9.80 Å². The molecule has 1 aliphatic heterocycles. The van der Waals surface area contributed by atoms with Gasteiger partial charge in [-0.3, -0.25) is 14.5 Å². The number of aliphatic hydroxyl groups excluding tert-OH is 1. The molecule has 174 valence electrons. The molecule has 0 aliphatic carbocycles. The normalized spacial score (nSPS) is 17.3. The lowest BCUT2D eigenvalue weighted by Crippen LogP contribution is -2.29. The van der Waals surface area contributed by atoms with E-state index < -0.39 is 23.5 Å². The largest absolute Gasteiger partial charge is 0.507 e. The van der Waals surface area contributed by atoms with Gasteiger partial charge in [0.05, 0.1) is 11.6 Å². The third-order valence-corrected chi connectivity index (χ3v) is 6.18. The van der Waals surface area contributed by atoms with Crippen LogP contribution >= 0.6 is 0 Å². The predicted molar refractivity (Wildman–Crippen MR) is 132 cm³/mol. The lowest BCUT2D eigenvalue weighted by Gasteiger charge is -2.27. The summed E-state index contributed by atoms with van der Waals surface area (Å²) in [5.41, 5.74) is 3.49. The average Bonchev–Trinajstić information content (AvgIpc) is 3.11. The van der Waals surface area contributed by atoms with Crippen molar-refractivity contribution in [2.45, 2.75) is 26.8 Å². The fraction of sp³-hybridized carbons (Fsp3) is 0.214. The summed E-state index contributed by atoms with van der Waals surface area (Å²) in [5.74, 6) is -2.28. The highest BCUT2D eigenvalue weighted by atomic mass is 19.1. The summed E-state index contributed by atoms with van der Waals surface area (Å²) in [6.07, 6.45) is 0. The summed E-state index contributed by atoms with van der Waals surface area (Å²) in [6, 6.07) is 19.4. The third kappa shape index (κ3) is 4.19. The molecule has 1 heterocycles. The molecule has 1 aliphatic rings. The van der Waals surface area contributed by atoms with E-state index >= 15 is 0 Å². The molecule has 0 bridgehead atoms. The van der Waals surface area contributed by atoms with Crippen LogP contribution in [-0.2, 0) is 9.59 Å². The maximum absolute atomic E-state index is 13.4. The van der Waals surface area contributed by atoms with Crippen LogP contribution in [0.15, 0.2) is 78.4 Å². The van der Waals surface area contributed by atoms with Crippen molar-refractivity contribution in [2.24, 2.45) is 0 Å². The Kier molecular flexibility index (Phi) is 6.50. The van der Waals surface area contributed by atoms with Gasteiger partial charge in [0.15, 0.2) is 0 Å². The molecular formula is C28H27FN2O3. The number of nitrogens with zero attached hydrogens (tertiary/aromatic N) is 2. The summed E-state index contributed by atoms with van der Waals surface area (Å²) in [5, 5.41) is 11.1. The number of hydrogen-bond donors (Lipinski definition) is 1. The van der Waals surface area contributed by atoms with Gasteiger partial charge in [-0.05, 0) is 74.9 Å². The number of aryl methyl sites for hydroxylation is 1. The van der Waals surface area contributed by atoms with Crippen molar-refractivity contribution in [3.05, 3.63) is 101 Å². The lowest BCUT2D eigenvalue weighted by molar-refractivity contribution is -0.132. The van der Waals surface area contributed by atoms with Crippen LogP contribution in [0.4, 0.5) is 15.8 Å². The minimum absolute atomic E-state index is 0.0185. The van der Waals surface area contributed by atoms with Crippen molar-refractivity contribution in [3.8, 4) is 0 Å². The highest BCUT2D eigenvalue weighted by Gasteiger charge is 2.47. The highest BCUT2D eigenvalue weighted by Crippen LogP contribution is 2.42. The first-order valence-electron chi connectivity index (χ1n) is 11.3. The Balaban J connectivity index is 1.87. The van der Waals surface area contributed by atoms with E-state index in [1.54, 1.807) is 0 Å². The number of rotatable bonds is 6. The van der Waals surface area contributed by atoms with Crippen LogP contribution in [0.2, 0.25) is 0 Å². The Morgan fingerprint density at radius 3 is 2.21 bits per heavy atom. The van der Waals surface area contributed by atoms with Crippen molar-refractivity contribution in [1.82, 2.24) is 0 Å². The molecule has 34 heavy (non-hydrogen) atoms. The number of Topliss-reactive ketones (excluding diaryl/α,β-unsaturated/α-hetero) is 1. The lowest BCUT2D eigenvalue weighted by atomic mass is 9.94. The third-order valence-electron chi connectivity index (χ3n) is 6.18. The first-order valence-corrected chi connectivity index (χ1v) is 11.3. The van der Waals surface area contributed by atoms with Gasteiger partial charge in [0, 0.05) is 30.0 Å². The van der Waals surface area contributed by atoms with Crippen LogP contribution in [0, 0.1) is 12.7 Å². The van der Waals surface area contributed by atoms with Crippen LogP contribution in [0.5, 0.6) is 0 Å². The highest BCUT2D eigenvalue weighted by molar-refractivity contribution is 6.51. The van der Waals surface area contributed by atoms with E-state index in [1.807, 2.05) is 55.5 Å². The van der Waals surface area contributed by atoms with Crippen molar-refractivity contribution >= 4 is 28.8 Å².